The van der Waals surface area contributed by atoms with Crippen molar-refractivity contribution < 1.29 is 0 Å². The highest BCUT2D eigenvalue weighted by Crippen LogP contribution is 2.07. The van der Waals surface area contributed by atoms with Crippen LogP contribution >= 0.6 is 0 Å². The molecule has 0 amide bonds. The van der Waals surface area contributed by atoms with Crippen LogP contribution in [0.25, 0.3) is 5.82 Å². The minimum absolute atomic E-state index is 0.168. The molecule has 0 aliphatic carbocycles. The molecule has 0 aromatic carbocycles. The van der Waals surface area contributed by atoms with Crippen LogP contribution in [0, 0.1) is 0 Å². The Kier molecular flexibility index (Phi) is 2.32. The fraction of sp³-hybridized carbons (Fsp3) is 0.333. The van der Waals surface area contributed by atoms with Gasteiger partial charge in [-0.05, 0) is 0 Å². The highest BCUT2D eigenvalue weighted by Gasteiger charge is 2.06. The Hall–Kier alpha value is -1.98. The smallest absolute Gasteiger partial charge is 0.253 e. The summed E-state index contributed by atoms with van der Waals surface area (Å²) in [5.41, 5.74) is -0.181. The van der Waals surface area contributed by atoms with E-state index < -0.39 is 0 Å². The molecule has 0 saturated carbocycles. The van der Waals surface area contributed by atoms with Crippen LogP contribution in [0.3, 0.4) is 0 Å². The van der Waals surface area contributed by atoms with E-state index in [0.29, 0.717) is 11.6 Å². The predicted molar refractivity (Wildman–Crippen MR) is 53.9 cm³/mol. The SMILES string of the molecule is CC(C)c1nc(-n2cncn2)cc(=O)[nH]1. The van der Waals surface area contributed by atoms with Gasteiger partial charge in [0.25, 0.3) is 5.56 Å². The lowest BCUT2D eigenvalue weighted by atomic mass is 10.2. The Balaban J connectivity index is 2.54. The maximum atomic E-state index is 11.4. The molecule has 0 aliphatic rings. The monoisotopic (exact) mass is 205 g/mol. The van der Waals surface area contributed by atoms with Gasteiger partial charge >= 0.3 is 0 Å². The van der Waals surface area contributed by atoms with E-state index in [2.05, 4.69) is 20.1 Å². The Labute approximate surface area is 86.0 Å². The number of hydrogen-bond donors (Lipinski definition) is 1. The number of nitrogens with zero attached hydrogens (tertiary/aromatic N) is 4. The van der Waals surface area contributed by atoms with Crippen LogP contribution in [0.15, 0.2) is 23.5 Å². The molecule has 0 aliphatic heterocycles. The molecule has 2 heterocycles. The standard InChI is InChI=1S/C9H11N5O/c1-6(2)9-12-7(3-8(15)13-9)14-5-10-4-11-14/h3-6H,1-2H3,(H,12,13,15). The molecule has 6 heteroatoms. The summed E-state index contributed by atoms with van der Waals surface area (Å²) in [7, 11) is 0. The van der Waals surface area contributed by atoms with E-state index in [0.717, 1.165) is 0 Å². The number of aromatic amines is 1. The van der Waals surface area contributed by atoms with Gasteiger partial charge in [0.1, 0.15) is 18.5 Å². The first kappa shape index (κ1) is 9.57. The second-order valence-corrected chi connectivity index (χ2v) is 3.48. The molecule has 0 atom stereocenters. The largest absolute Gasteiger partial charge is 0.310 e. The number of aromatic nitrogens is 5. The second kappa shape index (κ2) is 3.64. The lowest BCUT2D eigenvalue weighted by molar-refractivity contribution is 0.737. The van der Waals surface area contributed by atoms with E-state index in [1.54, 1.807) is 0 Å². The summed E-state index contributed by atoms with van der Waals surface area (Å²) in [5, 5.41) is 3.92. The van der Waals surface area contributed by atoms with Crippen molar-refractivity contribution in [2.75, 3.05) is 0 Å². The predicted octanol–water partition coefficient (Wildman–Crippen LogP) is 0.474. The molecule has 2 aromatic rings. The van der Waals surface area contributed by atoms with Gasteiger partial charge in [-0.15, -0.1) is 0 Å². The molecule has 0 spiro atoms. The molecule has 0 unspecified atom stereocenters. The molecule has 2 aromatic heterocycles. The lowest BCUT2D eigenvalue weighted by Gasteiger charge is -2.05. The van der Waals surface area contributed by atoms with Crippen molar-refractivity contribution in [3.05, 3.63) is 34.9 Å². The number of H-pyrrole nitrogens is 1. The molecule has 0 radical (unpaired) electrons. The first-order chi connectivity index (χ1) is 7.16. The summed E-state index contributed by atoms with van der Waals surface area (Å²) < 4.78 is 1.46. The van der Waals surface area contributed by atoms with Gasteiger partial charge in [-0.25, -0.2) is 14.6 Å². The van der Waals surface area contributed by atoms with Crippen LogP contribution in [0.1, 0.15) is 25.6 Å². The molecule has 0 saturated heterocycles. The minimum Gasteiger partial charge on any atom is -0.310 e. The van der Waals surface area contributed by atoms with Crippen LogP contribution in [0.2, 0.25) is 0 Å². The summed E-state index contributed by atoms with van der Waals surface area (Å²) in [4.78, 5) is 22.1. The van der Waals surface area contributed by atoms with E-state index in [4.69, 9.17) is 0 Å². The zero-order valence-electron chi connectivity index (χ0n) is 8.51. The van der Waals surface area contributed by atoms with Crippen LogP contribution < -0.4 is 5.56 Å². The maximum absolute atomic E-state index is 11.4. The molecule has 15 heavy (non-hydrogen) atoms. The zero-order valence-corrected chi connectivity index (χ0v) is 8.51. The normalized spacial score (nSPS) is 10.9. The summed E-state index contributed by atoms with van der Waals surface area (Å²) in [5.74, 6) is 1.30. The van der Waals surface area contributed by atoms with Gasteiger partial charge in [0.15, 0.2) is 5.82 Å². The van der Waals surface area contributed by atoms with Gasteiger partial charge < -0.3 is 4.98 Å². The van der Waals surface area contributed by atoms with Crippen molar-refractivity contribution in [3.63, 3.8) is 0 Å². The third-order valence-electron chi connectivity index (χ3n) is 1.95. The van der Waals surface area contributed by atoms with Crippen molar-refractivity contribution in [2.45, 2.75) is 19.8 Å². The quantitative estimate of drug-likeness (QED) is 0.773. The molecule has 78 valence electrons. The lowest BCUT2D eigenvalue weighted by Crippen LogP contribution is -2.15. The fourth-order valence-electron chi connectivity index (χ4n) is 1.18. The van der Waals surface area contributed by atoms with Crippen molar-refractivity contribution >= 4 is 0 Å². The summed E-state index contributed by atoms with van der Waals surface area (Å²) in [6.07, 6.45) is 2.91. The minimum atomic E-state index is -0.181. The number of hydrogen-bond acceptors (Lipinski definition) is 4. The van der Waals surface area contributed by atoms with Crippen LogP contribution in [0.5, 0.6) is 0 Å². The van der Waals surface area contributed by atoms with Gasteiger partial charge in [-0.1, -0.05) is 13.8 Å². The Morgan fingerprint density at radius 1 is 1.47 bits per heavy atom. The van der Waals surface area contributed by atoms with Crippen molar-refractivity contribution in [2.24, 2.45) is 0 Å². The summed E-state index contributed by atoms with van der Waals surface area (Å²) in [6, 6.07) is 1.39. The van der Waals surface area contributed by atoms with Gasteiger partial charge in [-0.3, -0.25) is 4.79 Å². The molecular weight excluding hydrogens is 194 g/mol. The van der Waals surface area contributed by atoms with Crippen LogP contribution in [0.4, 0.5) is 0 Å². The van der Waals surface area contributed by atoms with Crippen molar-refractivity contribution in [1.29, 1.82) is 0 Å². The van der Waals surface area contributed by atoms with E-state index in [9.17, 15) is 4.79 Å². The van der Waals surface area contributed by atoms with Gasteiger partial charge in [0.2, 0.25) is 0 Å². The van der Waals surface area contributed by atoms with Crippen molar-refractivity contribution in [3.8, 4) is 5.82 Å². The fourth-order valence-corrected chi connectivity index (χ4v) is 1.18. The summed E-state index contributed by atoms with van der Waals surface area (Å²) >= 11 is 0. The highest BCUT2D eigenvalue weighted by molar-refractivity contribution is 5.19. The second-order valence-electron chi connectivity index (χ2n) is 3.48. The third-order valence-corrected chi connectivity index (χ3v) is 1.95. The van der Waals surface area contributed by atoms with E-state index >= 15 is 0 Å². The highest BCUT2D eigenvalue weighted by atomic mass is 16.1. The first-order valence-corrected chi connectivity index (χ1v) is 4.63. The van der Waals surface area contributed by atoms with Gasteiger partial charge in [-0.2, -0.15) is 5.10 Å². The van der Waals surface area contributed by atoms with Crippen LogP contribution in [-0.4, -0.2) is 24.7 Å². The molecule has 1 N–H and O–H groups in total. The van der Waals surface area contributed by atoms with E-state index in [-0.39, 0.29) is 11.5 Å². The zero-order chi connectivity index (χ0) is 10.8. The topological polar surface area (TPSA) is 76.5 Å². The van der Waals surface area contributed by atoms with Crippen LogP contribution in [-0.2, 0) is 0 Å². The van der Waals surface area contributed by atoms with E-state index in [1.165, 1.54) is 23.4 Å². The first-order valence-electron chi connectivity index (χ1n) is 4.63. The van der Waals surface area contributed by atoms with Gasteiger partial charge in [0, 0.05) is 12.0 Å². The van der Waals surface area contributed by atoms with E-state index in [1.807, 2.05) is 13.8 Å². The Morgan fingerprint density at radius 2 is 2.27 bits per heavy atom. The molecule has 0 bridgehead atoms. The third kappa shape index (κ3) is 1.93. The average Bonchev–Trinajstić information content (AvgIpc) is 2.69. The van der Waals surface area contributed by atoms with Crippen molar-refractivity contribution in [1.82, 2.24) is 24.7 Å². The molecule has 2 rings (SSSR count). The summed E-state index contributed by atoms with van der Waals surface area (Å²) in [6.45, 7) is 3.92. The Morgan fingerprint density at radius 3 is 2.87 bits per heavy atom. The Bertz CT molecular complexity index is 499. The maximum Gasteiger partial charge on any atom is 0.253 e. The molecule has 6 nitrogen and oxygen atoms in total. The number of nitrogens with one attached hydrogen (secondary N) is 1. The average molecular weight is 205 g/mol. The number of rotatable bonds is 2. The molecular formula is C9H11N5O. The van der Waals surface area contributed by atoms with Gasteiger partial charge in [0.05, 0.1) is 0 Å². The molecule has 0 fully saturated rings.